The molecule has 0 bridgehead atoms. The molecule has 0 aliphatic rings. The summed E-state index contributed by atoms with van der Waals surface area (Å²) in [7, 11) is -0.320. The first-order chi connectivity index (χ1) is 9.76. The average Bonchev–Trinajstić information content (AvgIpc) is 2.45. The molecule has 1 rings (SSSR count). The highest BCUT2D eigenvalue weighted by Crippen LogP contribution is 2.32. The summed E-state index contributed by atoms with van der Waals surface area (Å²) in [6.07, 6.45) is 0.00592. The lowest BCUT2D eigenvalue weighted by Gasteiger charge is -2.26. The van der Waals surface area contributed by atoms with Crippen molar-refractivity contribution in [3.8, 4) is 11.5 Å². The molecular weight excluding hydrogens is 294 g/mol. The molecule has 0 aliphatic carbocycles. The number of rotatable bonds is 7. The minimum atomic E-state index is -3.36. The second kappa shape index (κ2) is 7.11. The predicted molar refractivity (Wildman–Crippen MR) is 81.7 cm³/mol. The van der Waals surface area contributed by atoms with E-state index in [9.17, 15) is 13.5 Å². The first-order valence-electron chi connectivity index (χ1n) is 6.55. The zero-order valence-electron chi connectivity index (χ0n) is 12.7. The van der Waals surface area contributed by atoms with Crippen LogP contribution >= 0.6 is 0 Å². The largest absolute Gasteiger partial charge is 0.493 e. The third kappa shape index (κ3) is 4.09. The van der Waals surface area contributed by atoms with Gasteiger partial charge in [0.1, 0.15) is 0 Å². The molecule has 0 spiro atoms. The molecule has 0 saturated carbocycles. The Morgan fingerprint density at radius 2 is 1.81 bits per heavy atom. The van der Waals surface area contributed by atoms with E-state index in [-0.39, 0.29) is 6.54 Å². The van der Waals surface area contributed by atoms with Crippen molar-refractivity contribution in [2.75, 3.05) is 27.0 Å². The van der Waals surface area contributed by atoms with Crippen LogP contribution in [0.1, 0.15) is 18.4 Å². The monoisotopic (exact) mass is 317 g/mol. The van der Waals surface area contributed by atoms with Gasteiger partial charge in [0.05, 0.1) is 25.6 Å². The number of aliphatic hydroxyl groups excluding tert-OH is 1. The van der Waals surface area contributed by atoms with Crippen LogP contribution in [0.2, 0.25) is 0 Å². The van der Waals surface area contributed by atoms with Crippen molar-refractivity contribution in [3.05, 3.63) is 23.8 Å². The molecule has 0 heterocycles. The maximum absolute atomic E-state index is 11.6. The summed E-state index contributed by atoms with van der Waals surface area (Å²) >= 11 is 0. The highest BCUT2D eigenvalue weighted by Gasteiger charge is 2.31. The van der Waals surface area contributed by atoms with E-state index in [4.69, 9.17) is 15.2 Å². The van der Waals surface area contributed by atoms with Gasteiger partial charge in [0.15, 0.2) is 21.3 Å². The number of ether oxygens (including phenoxy) is 2. The zero-order chi connectivity index (χ0) is 16.2. The van der Waals surface area contributed by atoms with Crippen LogP contribution in [0.5, 0.6) is 11.5 Å². The number of hydrogen-bond donors (Lipinski definition) is 2. The van der Waals surface area contributed by atoms with Crippen LogP contribution < -0.4 is 15.2 Å². The van der Waals surface area contributed by atoms with Crippen molar-refractivity contribution in [3.63, 3.8) is 0 Å². The number of nitrogens with two attached hydrogens (primary N) is 1. The van der Waals surface area contributed by atoms with Crippen LogP contribution in [0.25, 0.3) is 0 Å². The van der Waals surface area contributed by atoms with Gasteiger partial charge < -0.3 is 20.3 Å². The van der Waals surface area contributed by atoms with Gasteiger partial charge in [0.25, 0.3) is 0 Å². The third-order valence-electron chi connectivity index (χ3n) is 3.66. The van der Waals surface area contributed by atoms with Crippen LogP contribution in [-0.4, -0.2) is 51.9 Å². The van der Waals surface area contributed by atoms with Gasteiger partial charge in [-0.1, -0.05) is 6.07 Å². The molecular formula is C14H23NO5S. The summed E-state index contributed by atoms with van der Waals surface area (Å²) in [4.78, 5) is 0. The maximum atomic E-state index is 11.6. The fourth-order valence-electron chi connectivity index (χ4n) is 2.14. The molecule has 0 aromatic heterocycles. The van der Waals surface area contributed by atoms with Crippen molar-refractivity contribution in [2.24, 2.45) is 5.73 Å². The van der Waals surface area contributed by atoms with Gasteiger partial charge in [-0.3, -0.25) is 0 Å². The highest BCUT2D eigenvalue weighted by molar-refractivity contribution is 7.91. The summed E-state index contributed by atoms with van der Waals surface area (Å²) in [5.41, 5.74) is 6.43. The SMILES string of the molecule is COc1ccc(C(CN)C(O)C(C)S(C)(=O)=O)cc1OC. The van der Waals surface area contributed by atoms with Crippen LogP contribution in [0.3, 0.4) is 0 Å². The Bertz CT molecular complexity index is 573. The molecule has 0 aliphatic heterocycles. The summed E-state index contributed by atoms with van der Waals surface area (Å²) < 4.78 is 33.6. The fourth-order valence-corrected chi connectivity index (χ4v) is 2.83. The molecule has 1 aromatic carbocycles. The smallest absolute Gasteiger partial charge is 0.160 e. The molecule has 6 nitrogen and oxygen atoms in total. The van der Waals surface area contributed by atoms with Crippen LogP contribution in [-0.2, 0) is 9.84 Å². The fraction of sp³-hybridized carbons (Fsp3) is 0.571. The van der Waals surface area contributed by atoms with Crippen molar-refractivity contribution >= 4 is 9.84 Å². The summed E-state index contributed by atoms with van der Waals surface area (Å²) in [5.74, 6) is 0.560. The highest BCUT2D eigenvalue weighted by atomic mass is 32.2. The van der Waals surface area contributed by atoms with Crippen molar-refractivity contribution < 1.29 is 23.0 Å². The van der Waals surface area contributed by atoms with E-state index in [1.165, 1.54) is 21.1 Å². The van der Waals surface area contributed by atoms with Gasteiger partial charge in [-0.05, 0) is 24.6 Å². The molecule has 0 fully saturated rings. The van der Waals surface area contributed by atoms with E-state index in [2.05, 4.69) is 0 Å². The Labute approximate surface area is 125 Å². The lowest BCUT2D eigenvalue weighted by molar-refractivity contribution is 0.143. The number of methoxy groups -OCH3 is 2. The molecule has 3 N–H and O–H groups in total. The van der Waals surface area contributed by atoms with Gasteiger partial charge in [-0.15, -0.1) is 0 Å². The van der Waals surface area contributed by atoms with Crippen molar-refractivity contribution in [1.82, 2.24) is 0 Å². The van der Waals surface area contributed by atoms with Crippen LogP contribution in [0.15, 0.2) is 18.2 Å². The Morgan fingerprint density at radius 1 is 1.24 bits per heavy atom. The topological polar surface area (TPSA) is 98.9 Å². The molecule has 0 saturated heterocycles. The van der Waals surface area contributed by atoms with Crippen LogP contribution in [0, 0.1) is 0 Å². The summed E-state index contributed by atoms with van der Waals surface area (Å²) in [6, 6.07) is 5.15. The Kier molecular flexibility index (Phi) is 6.00. The molecule has 1 aromatic rings. The molecule has 3 atom stereocenters. The average molecular weight is 317 g/mol. The van der Waals surface area contributed by atoms with Gasteiger partial charge >= 0.3 is 0 Å². The Morgan fingerprint density at radius 3 is 2.24 bits per heavy atom. The lowest BCUT2D eigenvalue weighted by atomic mass is 9.91. The molecule has 3 unspecified atom stereocenters. The first kappa shape index (κ1) is 17.7. The first-order valence-corrected chi connectivity index (χ1v) is 8.50. The van der Waals surface area contributed by atoms with Gasteiger partial charge in [-0.25, -0.2) is 8.42 Å². The van der Waals surface area contributed by atoms with Gasteiger partial charge in [-0.2, -0.15) is 0 Å². The normalized spacial score (nSPS) is 16.1. The van der Waals surface area contributed by atoms with E-state index in [0.717, 1.165) is 6.26 Å². The van der Waals surface area contributed by atoms with E-state index < -0.39 is 27.1 Å². The molecule has 0 amide bonds. The zero-order valence-corrected chi connectivity index (χ0v) is 13.6. The quantitative estimate of drug-likeness (QED) is 0.761. The van der Waals surface area contributed by atoms with Crippen molar-refractivity contribution in [2.45, 2.75) is 24.2 Å². The number of hydrogen-bond acceptors (Lipinski definition) is 6. The maximum Gasteiger partial charge on any atom is 0.160 e. The van der Waals surface area contributed by atoms with Gasteiger partial charge in [0, 0.05) is 18.7 Å². The molecule has 7 heteroatoms. The Hall–Kier alpha value is -1.31. The molecule has 21 heavy (non-hydrogen) atoms. The number of sulfone groups is 1. The standard InChI is InChI=1S/C14H23NO5S/c1-9(21(4,17)18)14(16)11(8-15)10-5-6-12(19-2)13(7-10)20-3/h5-7,9,11,14,16H,8,15H2,1-4H3. The second-order valence-corrected chi connectivity index (χ2v) is 7.38. The minimum absolute atomic E-state index is 0.122. The molecule has 120 valence electrons. The second-order valence-electron chi connectivity index (χ2n) is 4.98. The lowest BCUT2D eigenvalue weighted by Crippen LogP contribution is -2.38. The summed E-state index contributed by atoms with van der Waals surface area (Å²) in [6.45, 7) is 1.60. The predicted octanol–water partition coefficient (Wildman–Crippen LogP) is 0.540. The van der Waals surface area contributed by atoms with E-state index in [1.54, 1.807) is 18.2 Å². The van der Waals surface area contributed by atoms with Crippen molar-refractivity contribution in [1.29, 1.82) is 0 Å². The van der Waals surface area contributed by atoms with E-state index in [1.807, 2.05) is 0 Å². The van der Waals surface area contributed by atoms with Crippen LogP contribution in [0.4, 0.5) is 0 Å². The number of benzene rings is 1. The summed E-state index contributed by atoms with van der Waals surface area (Å²) in [5, 5.41) is 9.42. The minimum Gasteiger partial charge on any atom is -0.493 e. The third-order valence-corrected chi connectivity index (χ3v) is 5.29. The Balaban J connectivity index is 3.16. The number of aliphatic hydroxyl groups is 1. The van der Waals surface area contributed by atoms with E-state index in [0.29, 0.717) is 17.1 Å². The molecule has 0 radical (unpaired) electrons. The van der Waals surface area contributed by atoms with Gasteiger partial charge in [0.2, 0.25) is 0 Å². The van der Waals surface area contributed by atoms with E-state index >= 15 is 0 Å².